The van der Waals surface area contributed by atoms with Crippen molar-refractivity contribution in [3.63, 3.8) is 0 Å². The van der Waals surface area contributed by atoms with Crippen LogP contribution in [0.1, 0.15) is 5.69 Å². The first kappa shape index (κ1) is 14.9. The molecule has 1 aromatic heterocycles. The third-order valence-electron chi connectivity index (χ3n) is 2.74. The third kappa shape index (κ3) is 2.66. The molecule has 0 aliphatic heterocycles. The van der Waals surface area contributed by atoms with Gasteiger partial charge in [0.25, 0.3) is 5.56 Å². The van der Waals surface area contributed by atoms with Crippen LogP contribution in [0.2, 0.25) is 5.02 Å². The molecule has 0 bridgehead atoms. The quantitative estimate of drug-likeness (QED) is 0.914. The van der Waals surface area contributed by atoms with E-state index in [2.05, 4.69) is 25.9 Å². The first-order chi connectivity index (χ1) is 9.47. The zero-order valence-electron chi connectivity index (χ0n) is 11.1. The topological polar surface area (TPSA) is 64.2 Å². The summed E-state index contributed by atoms with van der Waals surface area (Å²) in [5, 5.41) is 0.380. The summed E-state index contributed by atoms with van der Waals surface area (Å²) >= 11 is 9.31. The Morgan fingerprint density at radius 2 is 2.00 bits per heavy atom. The predicted molar refractivity (Wildman–Crippen MR) is 80.8 cm³/mol. The SMILES string of the molecule is COc1cc(-c2nc(C)c(Br)c(=O)[nH]2)cc(Cl)c1OC. The lowest BCUT2D eigenvalue weighted by Crippen LogP contribution is -2.11. The second kappa shape index (κ2) is 5.85. The minimum absolute atomic E-state index is 0.251. The molecule has 7 heteroatoms. The number of methoxy groups -OCH3 is 2. The summed E-state index contributed by atoms with van der Waals surface area (Å²) in [5.41, 5.74) is 0.980. The molecule has 1 heterocycles. The number of aryl methyl sites for hydroxylation is 1. The maximum absolute atomic E-state index is 11.8. The Hall–Kier alpha value is -1.53. The van der Waals surface area contributed by atoms with Gasteiger partial charge in [-0.2, -0.15) is 0 Å². The lowest BCUT2D eigenvalue weighted by atomic mass is 10.2. The van der Waals surface area contributed by atoms with Crippen LogP contribution >= 0.6 is 27.5 Å². The van der Waals surface area contributed by atoms with E-state index in [9.17, 15) is 4.79 Å². The van der Waals surface area contributed by atoms with Crippen molar-refractivity contribution in [3.8, 4) is 22.9 Å². The smallest absolute Gasteiger partial charge is 0.265 e. The molecule has 0 saturated carbocycles. The van der Waals surface area contributed by atoms with E-state index < -0.39 is 0 Å². The van der Waals surface area contributed by atoms with Gasteiger partial charge in [0.1, 0.15) is 10.3 Å². The van der Waals surface area contributed by atoms with E-state index in [1.807, 2.05) is 0 Å². The highest BCUT2D eigenvalue weighted by atomic mass is 79.9. The highest BCUT2D eigenvalue weighted by Gasteiger charge is 2.14. The molecule has 0 aliphatic carbocycles. The van der Waals surface area contributed by atoms with Gasteiger partial charge in [-0.25, -0.2) is 4.98 Å². The zero-order valence-corrected chi connectivity index (χ0v) is 13.4. The van der Waals surface area contributed by atoms with Crippen LogP contribution in [0.4, 0.5) is 0 Å². The molecule has 0 fully saturated rings. The maximum atomic E-state index is 11.8. The number of nitrogens with zero attached hydrogens (tertiary/aromatic N) is 1. The van der Waals surface area contributed by atoms with Crippen molar-refractivity contribution in [2.75, 3.05) is 14.2 Å². The molecule has 1 aromatic carbocycles. The number of ether oxygens (including phenoxy) is 2. The van der Waals surface area contributed by atoms with Crippen molar-refractivity contribution in [3.05, 3.63) is 37.7 Å². The van der Waals surface area contributed by atoms with Gasteiger partial charge < -0.3 is 14.5 Å². The summed E-state index contributed by atoms with van der Waals surface area (Å²) in [6.45, 7) is 1.74. The molecule has 1 N–H and O–H groups in total. The number of hydrogen-bond donors (Lipinski definition) is 1. The molecule has 20 heavy (non-hydrogen) atoms. The summed E-state index contributed by atoms with van der Waals surface area (Å²) in [5.74, 6) is 1.32. The molecular formula is C13H12BrClN2O3. The van der Waals surface area contributed by atoms with E-state index in [0.29, 0.717) is 38.1 Å². The summed E-state index contributed by atoms with van der Waals surface area (Å²) < 4.78 is 10.8. The van der Waals surface area contributed by atoms with Crippen molar-refractivity contribution in [2.45, 2.75) is 6.92 Å². The molecule has 0 amide bonds. The molecule has 0 aliphatic rings. The van der Waals surface area contributed by atoms with Crippen molar-refractivity contribution >= 4 is 27.5 Å². The van der Waals surface area contributed by atoms with E-state index in [4.69, 9.17) is 21.1 Å². The van der Waals surface area contributed by atoms with Crippen molar-refractivity contribution in [1.82, 2.24) is 9.97 Å². The minimum atomic E-state index is -0.251. The Labute approximate surface area is 129 Å². The molecule has 0 spiro atoms. The minimum Gasteiger partial charge on any atom is -0.493 e. The van der Waals surface area contributed by atoms with Gasteiger partial charge in [0, 0.05) is 5.56 Å². The van der Waals surface area contributed by atoms with Gasteiger partial charge in [0.15, 0.2) is 11.5 Å². The highest BCUT2D eigenvalue weighted by molar-refractivity contribution is 9.10. The Kier molecular flexibility index (Phi) is 4.35. The number of rotatable bonds is 3. The van der Waals surface area contributed by atoms with Gasteiger partial charge in [-0.1, -0.05) is 11.6 Å². The molecule has 0 saturated heterocycles. The van der Waals surface area contributed by atoms with E-state index in [1.165, 1.54) is 14.2 Å². The van der Waals surface area contributed by atoms with Crippen molar-refractivity contribution in [1.29, 1.82) is 0 Å². The van der Waals surface area contributed by atoms with Gasteiger partial charge >= 0.3 is 0 Å². The molecule has 0 radical (unpaired) electrons. The van der Waals surface area contributed by atoms with Crippen LogP contribution in [0.3, 0.4) is 0 Å². The van der Waals surface area contributed by atoms with Crippen LogP contribution in [0.15, 0.2) is 21.4 Å². The Morgan fingerprint density at radius 3 is 2.55 bits per heavy atom. The van der Waals surface area contributed by atoms with Gasteiger partial charge in [-0.15, -0.1) is 0 Å². The number of halogens is 2. The number of H-pyrrole nitrogens is 1. The molecule has 106 valence electrons. The van der Waals surface area contributed by atoms with Gasteiger partial charge in [0.2, 0.25) is 0 Å². The highest BCUT2D eigenvalue weighted by Crippen LogP contribution is 2.38. The normalized spacial score (nSPS) is 10.4. The van der Waals surface area contributed by atoms with Crippen LogP contribution in [-0.2, 0) is 0 Å². The Morgan fingerprint density at radius 1 is 1.30 bits per heavy atom. The third-order valence-corrected chi connectivity index (χ3v) is 3.95. The van der Waals surface area contributed by atoms with Crippen LogP contribution < -0.4 is 15.0 Å². The zero-order chi connectivity index (χ0) is 14.9. The Bertz CT molecular complexity index is 715. The van der Waals surface area contributed by atoms with Crippen molar-refractivity contribution in [2.24, 2.45) is 0 Å². The predicted octanol–water partition coefficient (Wildman–Crippen LogP) is 3.18. The average Bonchev–Trinajstić information content (AvgIpc) is 2.43. The summed E-state index contributed by atoms with van der Waals surface area (Å²) in [6.07, 6.45) is 0. The van der Waals surface area contributed by atoms with E-state index >= 15 is 0 Å². The first-order valence-corrected chi connectivity index (χ1v) is 6.83. The van der Waals surface area contributed by atoms with Crippen LogP contribution in [0.25, 0.3) is 11.4 Å². The number of benzene rings is 1. The van der Waals surface area contributed by atoms with E-state index in [0.717, 1.165) is 0 Å². The van der Waals surface area contributed by atoms with Crippen LogP contribution in [0.5, 0.6) is 11.5 Å². The molecular weight excluding hydrogens is 348 g/mol. The van der Waals surface area contributed by atoms with Gasteiger partial charge in [0.05, 0.1) is 24.9 Å². The second-order valence-electron chi connectivity index (χ2n) is 4.01. The molecule has 0 atom stereocenters. The lowest BCUT2D eigenvalue weighted by Gasteiger charge is -2.11. The van der Waals surface area contributed by atoms with Gasteiger partial charge in [-0.05, 0) is 35.0 Å². The molecule has 2 aromatic rings. The number of nitrogens with one attached hydrogen (secondary N) is 1. The number of hydrogen-bond acceptors (Lipinski definition) is 4. The number of aromatic amines is 1. The fourth-order valence-electron chi connectivity index (χ4n) is 1.76. The standard InChI is InChI=1S/C13H12BrClN2O3/c1-6-10(14)13(18)17-12(16-6)7-4-8(15)11(20-3)9(5-7)19-2/h4-5H,1-3H3,(H,16,17,18). The average molecular weight is 360 g/mol. The first-order valence-electron chi connectivity index (χ1n) is 5.66. The summed E-state index contributed by atoms with van der Waals surface area (Å²) in [7, 11) is 3.02. The Balaban J connectivity index is 2.65. The van der Waals surface area contributed by atoms with Crippen LogP contribution in [0, 0.1) is 6.92 Å². The van der Waals surface area contributed by atoms with E-state index in [1.54, 1.807) is 19.1 Å². The number of aromatic nitrogens is 2. The monoisotopic (exact) mass is 358 g/mol. The molecule has 5 nitrogen and oxygen atoms in total. The summed E-state index contributed by atoms with van der Waals surface area (Å²) in [4.78, 5) is 18.8. The maximum Gasteiger partial charge on any atom is 0.265 e. The lowest BCUT2D eigenvalue weighted by molar-refractivity contribution is 0.355. The fraction of sp³-hybridized carbons (Fsp3) is 0.231. The molecule has 2 rings (SSSR count). The van der Waals surface area contributed by atoms with Crippen LogP contribution in [-0.4, -0.2) is 24.2 Å². The fourth-order valence-corrected chi connectivity index (χ4v) is 2.24. The van der Waals surface area contributed by atoms with Crippen molar-refractivity contribution < 1.29 is 9.47 Å². The second-order valence-corrected chi connectivity index (χ2v) is 5.21. The van der Waals surface area contributed by atoms with E-state index in [-0.39, 0.29) is 5.56 Å². The molecule has 0 unspecified atom stereocenters. The van der Waals surface area contributed by atoms with Gasteiger partial charge in [-0.3, -0.25) is 4.79 Å². The summed E-state index contributed by atoms with van der Waals surface area (Å²) in [6, 6.07) is 3.37. The largest absolute Gasteiger partial charge is 0.493 e.